The van der Waals surface area contributed by atoms with Crippen LogP contribution in [-0.4, -0.2) is 82.0 Å². The summed E-state index contributed by atoms with van der Waals surface area (Å²) >= 11 is 0. The molecular weight excluding hydrogens is 639 g/mol. The standard InChI is InChI=1S/C34H39FN8O4.ClH/c35-25-6-8-26(9-7-25)40-33(44)31(23-4-2-1-3-5-23)47-34(45)30-32(36)38-21-29(41-30)24-20-39-43(22-24)27-12-16-42(17-13-27)18-19-46-28-10-14-37-15-11-28;/h1-9,20-22,27-28,31,37H,10-19H2,(H2,36,38)(H,40,44);1H/t31-;/m1./s1. The van der Waals surface area contributed by atoms with Crippen LogP contribution in [0.1, 0.15) is 53.9 Å². The number of carbonyl (C=O) groups is 2. The summed E-state index contributed by atoms with van der Waals surface area (Å²) in [6.45, 7) is 5.67. The van der Waals surface area contributed by atoms with Gasteiger partial charge in [0.2, 0.25) is 6.10 Å². The second-order valence-corrected chi connectivity index (χ2v) is 11.8. The van der Waals surface area contributed by atoms with E-state index < -0.39 is 23.8 Å². The third kappa shape index (κ3) is 8.92. The van der Waals surface area contributed by atoms with Gasteiger partial charge in [0.25, 0.3) is 5.91 Å². The highest BCUT2D eigenvalue weighted by molar-refractivity contribution is 5.99. The summed E-state index contributed by atoms with van der Waals surface area (Å²) in [5, 5.41) is 10.6. The van der Waals surface area contributed by atoms with Gasteiger partial charge in [0.05, 0.1) is 36.8 Å². The van der Waals surface area contributed by atoms with Gasteiger partial charge in [-0.15, -0.1) is 12.4 Å². The van der Waals surface area contributed by atoms with Crippen LogP contribution in [0, 0.1) is 5.82 Å². The zero-order chi connectivity index (χ0) is 32.6. The Morgan fingerprint density at radius 3 is 2.48 bits per heavy atom. The molecule has 2 saturated heterocycles. The first-order valence-electron chi connectivity index (χ1n) is 16.0. The summed E-state index contributed by atoms with van der Waals surface area (Å²) in [7, 11) is 0. The molecule has 2 aromatic carbocycles. The smallest absolute Gasteiger partial charge is 0.361 e. The van der Waals surface area contributed by atoms with E-state index in [0.29, 0.717) is 28.6 Å². The van der Waals surface area contributed by atoms with Gasteiger partial charge in [-0.05, 0) is 63.0 Å². The van der Waals surface area contributed by atoms with Gasteiger partial charge in [-0.1, -0.05) is 30.3 Å². The number of hydrogen-bond acceptors (Lipinski definition) is 10. The molecule has 12 nitrogen and oxygen atoms in total. The van der Waals surface area contributed by atoms with Crippen LogP contribution in [0.5, 0.6) is 0 Å². The summed E-state index contributed by atoms with van der Waals surface area (Å²) in [6, 6.07) is 14.1. The van der Waals surface area contributed by atoms with Crippen LogP contribution in [0.4, 0.5) is 15.9 Å². The van der Waals surface area contributed by atoms with Gasteiger partial charge < -0.3 is 30.7 Å². The fraction of sp³-hybridized carbons (Fsp3) is 0.382. The maximum atomic E-state index is 13.4. The topological polar surface area (TPSA) is 150 Å². The number of carbonyl (C=O) groups excluding carboxylic acids is 2. The highest BCUT2D eigenvalue weighted by atomic mass is 35.5. The number of nitrogen functional groups attached to an aromatic ring is 1. The summed E-state index contributed by atoms with van der Waals surface area (Å²) in [6.07, 6.45) is 8.19. The summed E-state index contributed by atoms with van der Waals surface area (Å²) in [5.74, 6) is -2.11. The van der Waals surface area contributed by atoms with Crippen molar-refractivity contribution in [3.63, 3.8) is 0 Å². The van der Waals surface area contributed by atoms with E-state index in [2.05, 4.69) is 30.6 Å². The van der Waals surface area contributed by atoms with Crippen LogP contribution in [0.2, 0.25) is 0 Å². The lowest BCUT2D eigenvalue weighted by atomic mass is 10.1. The van der Waals surface area contributed by atoms with Crippen molar-refractivity contribution in [2.75, 3.05) is 50.4 Å². The Balaban J connectivity index is 0.00000451. The zero-order valence-corrected chi connectivity index (χ0v) is 27.3. The van der Waals surface area contributed by atoms with E-state index in [9.17, 15) is 14.0 Å². The highest BCUT2D eigenvalue weighted by Gasteiger charge is 2.29. The Morgan fingerprint density at radius 2 is 1.75 bits per heavy atom. The second-order valence-electron chi connectivity index (χ2n) is 11.8. The normalized spacial score (nSPS) is 16.5. The molecule has 14 heteroatoms. The molecule has 0 bridgehead atoms. The monoisotopic (exact) mass is 678 g/mol. The quantitative estimate of drug-likeness (QED) is 0.195. The number of aromatic nitrogens is 4. The SMILES string of the molecule is Cl.Nc1ncc(-c2cnn(C3CCN(CCOC4CCNCC4)CC3)c2)nc1C(=O)O[C@@H](C(=O)Nc1ccc(F)cc1)c1ccccc1. The second kappa shape index (κ2) is 16.6. The van der Waals surface area contributed by atoms with E-state index in [1.807, 2.05) is 10.9 Å². The molecule has 254 valence electrons. The van der Waals surface area contributed by atoms with Gasteiger partial charge in [0.1, 0.15) is 5.82 Å². The third-order valence-electron chi connectivity index (χ3n) is 8.55. The number of esters is 1. The molecule has 48 heavy (non-hydrogen) atoms. The van der Waals surface area contributed by atoms with Crippen LogP contribution in [0.25, 0.3) is 11.3 Å². The van der Waals surface area contributed by atoms with Gasteiger partial charge in [-0.3, -0.25) is 9.48 Å². The van der Waals surface area contributed by atoms with Crippen molar-refractivity contribution in [3.8, 4) is 11.3 Å². The van der Waals surface area contributed by atoms with Gasteiger partial charge in [-0.25, -0.2) is 19.2 Å². The van der Waals surface area contributed by atoms with Crippen LogP contribution < -0.4 is 16.4 Å². The Labute approximate surface area is 284 Å². The van der Waals surface area contributed by atoms with Gasteiger partial charge in [0.15, 0.2) is 11.5 Å². The molecule has 4 N–H and O–H groups in total. The molecule has 0 unspecified atom stereocenters. The maximum Gasteiger partial charge on any atom is 0.361 e. The predicted octanol–water partition coefficient (Wildman–Crippen LogP) is 4.43. The van der Waals surface area contributed by atoms with E-state index >= 15 is 0 Å². The molecule has 0 aliphatic carbocycles. The number of hydrogen-bond donors (Lipinski definition) is 3. The molecule has 2 fully saturated rings. The van der Waals surface area contributed by atoms with Crippen LogP contribution in [0.3, 0.4) is 0 Å². The number of nitrogens with zero attached hydrogens (tertiary/aromatic N) is 5. The number of likely N-dealkylation sites (tertiary alicyclic amines) is 1. The third-order valence-corrected chi connectivity index (χ3v) is 8.55. The van der Waals surface area contributed by atoms with Gasteiger partial charge in [-0.2, -0.15) is 5.10 Å². The minimum absolute atomic E-state index is 0. The molecule has 4 heterocycles. The van der Waals surface area contributed by atoms with Crippen LogP contribution >= 0.6 is 12.4 Å². The van der Waals surface area contributed by atoms with E-state index in [-0.39, 0.29) is 30.0 Å². The fourth-order valence-corrected chi connectivity index (χ4v) is 5.88. The van der Waals surface area contributed by atoms with Crippen molar-refractivity contribution in [1.29, 1.82) is 0 Å². The number of amides is 1. The Hall–Kier alpha value is -4.43. The molecule has 1 amide bonds. The first kappa shape index (κ1) is 34.9. The largest absolute Gasteiger partial charge is 0.442 e. The lowest BCUT2D eigenvalue weighted by Crippen LogP contribution is -2.38. The predicted molar refractivity (Wildman–Crippen MR) is 181 cm³/mol. The number of halogens is 2. The summed E-state index contributed by atoms with van der Waals surface area (Å²) in [5.41, 5.74) is 7.70. The van der Waals surface area contributed by atoms with Crippen molar-refractivity contribution < 1.29 is 23.5 Å². The van der Waals surface area contributed by atoms with Gasteiger partial charge in [0, 0.05) is 42.6 Å². The zero-order valence-electron chi connectivity index (χ0n) is 26.5. The van der Waals surface area contributed by atoms with Gasteiger partial charge >= 0.3 is 5.97 Å². The molecule has 6 rings (SSSR count). The Bertz CT molecular complexity index is 1640. The first-order chi connectivity index (χ1) is 22.9. The minimum Gasteiger partial charge on any atom is -0.442 e. The summed E-state index contributed by atoms with van der Waals surface area (Å²) in [4.78, 5) is 37.8. The number of nitrogens with one attached hydrogen (secondary N) is 2. The molecule has 0 saturated carbocycles. The molecule has 1 atom stereocenters. The lowest BCUT2D eigenvalue weighted by Gasteiger charge is -2.32. The number of piperidine rings is 2. The molecular formula is C34H40ClFN8O4. The number of nitrogens with two attached hydrogens (primary N) is 1. The minimum atomic E-state index is -1.33. The number of anilines is 2. The average molecular weight is 679 g/mol. The molecule has 2 aliphatic heterocycles. The molecule has 2 aromatic heterocycles. The van der Waals surface area contributed by atoms with E-state index in [4.69, 9.17) is 15.2 Å². The Morgan fingerprint density at radius 1 is 1.02 bits per heavy atom. The number of benzene rings is 2. The number of ether oxygens (including phenoxy) is 2. The van der Waals surface area contributed by atoms with Crippen molar-refractivity contribution in [2.24, 2.45) is 0 Å². The van der Waals surface area contributed by atoms with E-state index in [1.165, 1.54) is 30.5 Å². The lowest BCUT2D eigenvalue weighted by molar-refractivity contribution is -0.125. The molecule has 4 aromatic rings. The van der Waals surface area contributed by atoms with Crippen molar-refractivity contribution in [1.82, 2.24) is 30.0 Å². The average Bonchev–Trinajstić information content (AvgIpc) is 3.60. The van der Waals surface area contributed by atoms with E-state index in [0.717, 1.165) is 65.0 Å². The van der Waals surface area contributed by atoms with Crippen molar-refractivity contribution in [3.05, 3.63) is 90.3 Å². The van der Waals surface area contributed by atoms with Crippen molar-refractivity contribution in [2.45, 2.75) is 43.9 Å². The van der Waals surface area contributed by atoms with Crippen LogP contribution in [-0.2, 0) is 14.3 Å². The summed E-state index contributed by atoms with van der Waals surface area (Å²) < 4.78 is 27.1. The highest BCUT2D eigenvalue weighted by Crippen LogP contribution is 2.27. The molecule has 2 aliphatic rings. The maximum absolute atomic E-state index is 13.4. The number of rotatable bonds is 11. The van der Waals surface area contributed by atoms with E-state index in [1.54, 1.807) is 36.5 Å². The first-order valence-corrected chi connectivity index (χ1v) is 16.0. The Kier molecular flexibility index (Phi) is 12.1. The molecule has 0 radical (unpaired) electrons. The van der Waals surface area contributed by atoms with Crippen molar-refractivity contribution >= 4 is 35.8 Å². The van der Waals surface area contributed by atoms with Crippen LogP contribution in [0.15, 0.2) is 73.2 Å². The fourth-order valence-electron chi connectivity index (χ4n) is 5.88. The molecule has 0 spiro atoms.